The number of carbonyl (C=O) groups excluding carboxylic acids is 3. The summed E-state index contributed by atoms with van der Waals surface area (Å²) in [5.74, 6) is -0.608. The smallest absolute Gasteiger partial charge is 0.245 e. The van der Waals surface area contributed by atoms with E-state index in [2.05, 4.69) is 16.0 Å². The fourth-order valence-corrected chi connectivity index (χ4v) is 4.55. The largest absolute Gasteiger partial charge is 0.492 e. The van der Waals surface area contributed by atoms with Crippen LogP contribution in [0.4, 0.5) is 0 Å². The number of para-hydroxylation sites is 1. The van der Waals surface area contributed by atoms with Gasteiger partial charge in [-0.2, -0.15) is 0 Å². The molecule has 2 aromatic carbocycles. The third-order valence-corrected chi connectivity index (χ3v) is 7.30. The molecular weight excluding hydrogens is 508 g/mol. The number of likely N-dealkylation sites (N-methyl/N-ethyl adjacent to an activating group) is 1. The molecule has 0 spiro atoms. The molecule has 1 aliphatic rings. The van der Waals surface area contributed by atoms with E-state index in [1.807, 2.05) is 81.5 Å². The summed E-state index contributed by atoms with van der Waals surface area (Å²) in [7, 11) is 1.50. The van der Waals surface area contributed by atoms with Crippen molar-refractivity contribution in [3.05, 3.63) is 71.3 Å². The molecule has 216 valence electrons. The van der Waals surface area contributed by atoms with Crippen molar-refractivity contribution in [2.45, 2.75) is 51.7 Å². The molecule has 0 bridgehead atoms. The number of benzene rings is 2. The highest BCUT2D eigenvalue weighted by Gasteiger charge is 2.34. The minimum Gasteiger partial charge on any atom is -0.492 e. The molecule has 2 aromatic rings. The number of amides is 3. The van der Waals surface area contributed by atoms with Crippen molar-refractivity contribution < 1.29 is 24.2 Å². The summed E-state index contributed by atoms with van der Waals surface area (Å²) >= 11 is 0. The summed E-state index contributed by atoms with van der Waals surface area (Å²) in [4.78, 5) is 41.5. The Morgan fingerprint density at radius 2 is 1.80 bits per heavy atom. The van der Waals surface area contributed by atoms with Crippen molar-refractivity contribution in [1.29, 1.82) is 0 Å². The Labute approximate surface area is 237 Å². The van der Waals surface area contributed by atoms with E-state index >= 15 is 0 Å². The number of nitrogens with one attached hydrogen (secondary N) is 3. The van der Waals surface area contributed by atoms with E-state index in [4.69, 9.17) is 4.74 Å². The van der Waals surface area contributed by atoms with Crippen LogP contribution in [0.5, 0.6) is 5.75 Å². The number of hydrogen-bond donors (Lipinski definition) is 4. The lowest BCUT2D eigenvalue weighted by atomic mass is 9.97. The first kappa shape index (κ1) is 30.8. The predicted molar refractivity (Wildman–Crippen MR) is 156 cm³/mol. The maximum absolute atomic E-state index is 13.6. The van der Waals surface area contributed by atoms with Gasteiger partial charge in [0.15, 0.2) is 0 Å². The van der Waals surface area contributed by atoms with Crippen LogP contribution in [-0.4, -0.2) is 79.2 Å². The molecule has 0 saturated heterocycles. The van der Waals surface area contributed by atoms with Gasteiger partial charge < -0.3 is 30.7 Å². The lowest BCUT2D eigenvalue weighted by Gasteiger charge is -2.33. The third-order valence-electron chi connectivity index (χ3n) is 7.30. The van der Waals surface area contributed by atoms with Crippen LogP contribution in [0.15, 0.2) is 54.6 Å². The second kappa shape index (κ2) is 15.2. The first-order chi connectivity index (χ1) is 19.2. The maximum Gasteiger partial charge on any atom is 0.245 e. The van der Waals surface area contributed by atoms with Crippen molar-refractivity contribution in [3.8, 4) is 5.75 Å². The topological polar surface area (TPSA) is 120 Å². The molecule has 9 heteroatoms. The monoisotopic (exact) mass is 550 g/mol. The molecule has 0 saturated carbocycles. The highest BCUT2D eigenvalue weighted by Crippen LogP contribution is 2.19. The van der Waals surface area contributed by atoms with Crippen LogP contribution in [0.1, 0.15) is 37.0 Å². The second-order valence-electron chi connectivity index (χ2n) is 10.2. The van der Waals surface area contributed by atoms with Crippen molar-refractivity contribution in [1.82, 2.24) is 20.9 Å². The first-order valence-electron chi connectivity index (χ1n) is 13.9. The summed E-state index contributed by atoms with van der Waals surface area (Å²) in [6.45, 7) is 6.34. The summed E-state index contributed by atoms with van der Waals surface area (Å²) in [5.41, 5.74) is 2.82. The highest BCUT2D eigenvalue weighted by molar-refractivity contribution is 5.93. The SMILES string of the molecule is CCC(C)[C@@H]1NCCOc2ccccc2/C=C/CNC(=O)[C@@H](Cc2ccc(C)cc2)NC(=O)[C@H](CO)N(C)C1=O. The lowest BCUT2D eigenvalue weighted by molar-refractivity contribution is -0.143. The minimum absolute atomic E-state index is 0.0294. The first-order valence-corrected chi connectivity index (χ1v) is 13.9. The number of hydrogen-bond acceptors (Lipinski definition) is 6. The number of aryl methyl sites for hydroxylation is 1. The average molecular weight is 551 g/mol. The highest BCUT2D eigenvalue weighted by atomic mass is 16.5. The van der Waals surface area contributed by atoms with Crippen molar-refractivity contribution in [3.63, 3.8) is 0 Å². The normalized spacial score (nSPS) is 23.1. The van der Waals surface area contributed by atoms with Crippen molar-refractivity contribution in [2.75, 3.05) is 33.4 Å². The third kappa shape index (κ3) is 8.40. The van der Waals surface area contributed by atoms with E-state index < -0.39 is 30.6 Å². The molecule has 0 aromatic heterocycles. The van der Waals surface area contributed by atoms with Gasteiger partial charge in [0.1, 0.15) is 24.4 Å². The van der Waals surface area contributed by atoms with Crippen molar-refractivity contribution >= 4 is 23.8 Å². The van der Waals surface area contributed by atoms with E-state index in [0.29, 0.717) is 18.9 Å². The number of carbonyl (C=O) groups is 3. The maximum atomic E-state index is 13.6. The minimum atomic E-state index is -1.16. The number of ether oxygens (including phenoxy) is 1. The number of fused-ring (bicyclic) bond motifs is 1. The lowest BCUT2D eigenvalue weighted by Crippen LogP contribution is -2.59. The molecule has 0 aliphatic carbocycles. The van der Waals surface area contributed by atoms with Gasteiger partial charge in [0.2, 0.25) is 17.7 Å². The number of nitrogens with zero attached hydrogens (tertiary/aromatic N) is 1. The van der Waals surface area contributed by atoms with Crippen LogP contribution >= 0.6 is 0 Å². The average Bonchev–Trinajstić information content (AvgIpc) is 2.95. The molecular formula is C31H42N4O5. The van der Waals surface area contributed by atoms with Gasteiger partial charge in [-0.1, -0.05) is 80.4 Å². The van der Waals surface area contributed by atoms with Gasteiger partial charge in [0.05, 0.1) is 12.6 Å². The quantitative estimate of drug-likeness (QED) is 0.453. The van der Waals surface area contributed by atoms with Crippen LogP contribution in [0.2, 0.25) is 0 Å². The summed E-state index contributed by atoms with van der Waals surface area (Å²) in [6, 6.07) is 12.7. The van der Waals surface area contributed by atoms with Crippen LogP contribution in [-0.2, 0) is 20.8 Å². The fraction of sp³-hybridized carbons (Fsp3) is 0.452. The molecule has 4 atom stereocenters. The Hall–Kier alpha value is -3.69. The molecule has 0 radical (unpaired) electrons. The molecule has 4 N–H and O–H groups in total. The Bertz CT molecular complexity index is 1170. The van der Waals surface area contributed by atoms with Gasteiger partial charge >= 0.3 is 0 Å². The number of rotatable bonds is 5. The molecule has 9 nitrogen and oxygen atoms in total. The Morgan fingerprint density at radius 3 is 2.50 bits per heavy atom. The van der Waals surface area contributed by atoms with Crippen molar-refractivity contribution in [2.24, 2.45) is 5.92 Å². The number of aliphatic hydroxyl groups is 1. The molecule has 40 heavy (non-hydrogen) atoms. The summed E-state index contributed by atoms with van der Waals surface area (Å²) < 4.78 is 6.00. The Morgan fingerprint density at radius 1 is 1.07 bits per heavy atom. The van der Waals surface area contributed by atoms with E-state index in [9.17, 15) is 19.5 Å². The van der Waals surface area contributed by atoms with Gasteiger partial charge in [0, 0.05) is 32.1 Å². The molecule has 1 aliphatic heterocycles. The zero-order valence-corrected chi connectivity index (χ0v) is 23.9. The van der Waals surface area contributed by atoms with E-state index in [1.165, 1.54) is 11.9 Å². The molecule has 1 unspecified atom stereocenters. The summed E-state index contributed by atoms with van der Waals surface area (Å²) in [5, 5.41) is 19.1. The molecule has 3 amide bonds. The zero-order chi connectivity index (χ0) is 29.1. The van der Waals surface area contributed by atoms with Gasteiger partial charge in [-0.05, 0) is 24.5 Å². The van der Waals surface area contributed by atoms with Crippen LogP contribution < -0.4 is 20.7 Å². The van der Waals surface area contributed by atoms with Crippen LogP contribution in [0, 0.1) is 12.8 Å². The second-order valence-corrected chi connectivity index (χ2v) is 10.2. The molecule has 3 rings (SSSR count). The summed E-state index contributed by atoms with van der Waals surface area (Å²) in [6.07, 6.45) is 4.70. The standard InChI is InChI=1S/C31H42N4O5/c1-5-22(3)28-31(39)35(4)26(20-36)30(38)34-25(19-23-14-12-21(2)13-15-23)29(37)33-16-8-10-24-9-6-7-11-27(24)40-18-17-32-28/h6-15,22,25-26,28,32,36H,5,16-20H2,1-4H3,(H,33,37)(H,34,38)/b10-8+/t22?,25-,26+,28+/m1/s1. The van der Waals surface area contributed by atoms with Crippen LogP contribution in [0.25, 0.3) is 6.08 Å². The van der Waals surface area contributed by atoms with Gasteiger partial charge in [0.25, 0.3) is 0 Å². The zero-order valence-electron chi connectivity index (χ0n) is 23.9. The van der Waals surface area contributed by atoms with Gasteiger partial charge in [-0.25, -0.2) is 0 Å². The van der Waals surface area contributed by atoms with E-state index in [0.717, 1.165) is 23.1 Å². The number of aliphatic hydroxyl groups excluding tert-OH is 1. The van der Waals surface area contributed by atoms with Gasteiger partial charge in [-0.15, -0.1) is 0 Å². The van der Waals surface area contributed by atoms with E-state index in [1.54, 1.807) is 0 Å². The van der Waals surface area contributed by atoms with Gasteiger partial charge in [-0.3, -0.25) is 14.4 Å². The fourth-order valence-electron chi connectivity index (χ4n) is 4.55. The predicted octanol–water partition coefficient (Wildman–Crippen LogP) is 2.07. The Balaban J connectivity index is 1.92. The molecule has 1 heterocycles. The molecule has 0 fully saturated rings. The Kier molecular flexibility index (Phi) is 11.7. The van der Waals surface area contributed by atoms with Crippen LogP contribution in [0.3, 0.4) is 0 Å². The van der Waals surface area contributed by atoms with E-state index in [-0.39, 0.29) is 30.7 Å².